The number of thiazole rings is 1. The molecule has 10 heteroatoms. The lowest BCUT2D eigenvalue weighted by atomic mass is 10.2. The molecule has 1 N–H and O–H groups in total. The van der Waals surface area contributed by atoms with Crippen LogP contribution in [0.25, 0.3) is 0 Å². The van der Waals surface area contributed by atoms with Crippen molar-refractivity contribution in [2.24, 2.45) is 0 Å². The summed E-state index contributed by atoms with van der Waals surface area (Å²) in [5, 5.41) is 3.99. The summed E-state index contributed by atoms with van der Waals surface area (Å²) < 4.78 is 28.3. The van der Waals surface area contributed by atoms with Crippen molar-refractivity contribution in [3.05, 3.63) is 32.7 Å². The number of hydrogen-bond donors (Lipinski definition) is 1. The lowest BCUT2D eigenvalue weighted by Crippen LogP contribution is -2.12. The van der Waals surface area contributed by atoms with Gasteiger partial charge in [-0.25, -0.2) is 13.4 Å². The number of benzene rings is 1. The zero-order valence-electron chi connectivity index (χ0n) is 12.0. The number of nitrogens with one attached hydrogen (secondary N) is 1. The zero-order chi connectivity index (χ0) is 17.2. The minimum absolute atomic E-state index is 0.0856. The Morgan fingerprint density at radius 1 is 1.35 bits per heavy atom. The van der Waals surface area contributed by atoms with Gasteiger partial charge in [0.05, 0.1) is 3.57 Å². The number of aromatic nitrogens is 1. The molecule has 23 heavy (non-hydrogen) atoms. The van der Waals surface area contributed by atoms with Crippen LogP contribution in [0.1, 0.15) is 17.3 Å². The van der Waals surface area contributed by atoms with Gasteiger partial charge in [0.2, 0.25) is 0 Å². The highest BCUT2D eigenvalue weighted by atomic mass is 127. The number of carbonyl (C=O) groups excluding carboxylic acids is 2. The summed E-state index contributed by atoms with van der Waals surface area (Å²) in [5.74, 6) is -0.522. The average molecular weight is 466 g/mol. The van der Waals surface area contributed by atoms with Gasteiger partial charge in [0.1, 0.15) is 5.75 Å². The number of carbonyl (C=O) groups is 2. The predicted molar refractivity (Wildman–Crippen MR) is 93.6 cm³/mol. The van der Waals surface area contributed by atoms with Crippen LogP contribution < -0.4 is 10.1 Å². The molecular weight excluding hydrogens is 455 g/mol. The molecule has 0 bridgehead atoms. The fourth-order valence-corrected chi connectivity index (χ4v) is 3.89. The average Bonchev–Trinajstić information content (AvgIpc) is 2.89. The molecule has 0 atom stereocenters. The van der Waals surface area contributed by atoms with Gasteiger partial charge < -0.3 is 4.74 Å². The number of halogens is 1. The first-order valence-electron chi connectivity index (χ1n) is 6.11. The summed E-state index contributed by atoms with van der Waals surface area (Å²) in [4.78, 5) is 27.0. The van der Waals surface area contributed by atoms with Crippen molar-refractivity contribution in [2.45, 2.75) is 11.9 Å². The Balaban J connectivity index is 2.16. The van der Waals surface area contributed by atoms with Crippen molar-refractivity contribution < 1.29 is 22.7 Å². The van der Waals surface area contributed by atoms with Crippen LogP contribution in [0.2, 0.25) is 0 Å². The number of nitrogens with zero attached hydrogens (tertiary/aromatic N) is 1. The van der Waals surface area contributed by atoms with E-state index in [1.807, 2.05) is 22.6 Å². The summed E-state index contributed by atoms with van der Waals surface area (Å²) in [6.45, 7) is 1.29. The van der Waals surface area contributed by atoms with Gasteiger partial charge in [0, 0.05) is 24.1 Å². The van der Waals surface area contributed by atoms with Crippen molar-refractivity contribution in [1.82, 2.24) is 4.98 Å². The number of amides is 1. The molecule has 7 nitrogen and oxygen atoms in total. The monoisotopic (exact) mass is 466 g/mol. The minimum atomic E-state index is -3.41. The Kier molecular flexibility index (Phi) is 5.37. The normalized spacial score (nSPS) is 11.1. The molecule has 122 valence electrons. The van der Waals surface area contributed by atoms with Crippen LogP contribution >= 0.6 is 33.9 Å². The van der Waals surface area contributed by atoms with E-state index in [4.69, 9.17) is 4.74 Å². The van der Waals surface area contributed by atoms with E-state index in [0.29, 0.717) is 14.9 Å². The maximum absolute atomic E-state index is 12.2. The number of rotatable bonds is 4. The van der Waals surface area contributed by atoms with Gasteiger partial charge in [-0.1, -0.05) is 0 Å². The Hall–Kier alpha value is -1.53. The van der Waals surface area contributed by atoms with Crippen LogP contribution in [-0.4, -0.2) is 31.5 Å². The number of esters is 1. The topological polar surface area (TPSA) is 102 Å². The van der Waals surface area contributed by atoms with Gasteiger partial charge >= 0.3 is 5.97 Å². The summed E-state index contributed by atoms with van der Waals surface area (Å²) in [5.41, 5.74) is 0.335. The third-order valence-corrected chi connectivity index (χ3v) is 5.25. The maximum Gasteiger partial charge on any atom is 0.308 e. The first kappa shape index (κ1) is 17.8. The van der Waals surface area contributed by atoms with Gasteiger partial charge in [-0.3, -0.25) is 14.9 Å². The SMILES string of the molecule is CC(=O)Oc1ccc(C(=O)Nc2nc(S(C)(=O)=O)cs2)cc1I. The molecule has 1 aromatic carbocycles. The number of hydrogen-bond acceptors (Lipinski definition) is 7. The smallest absolute Gasteiger partial charge is 0.308 e. The highest BCUT2D eigenvalue weighted by Gasteiger charge is 2.15. The van der Waals surface area contributed by atoms with Gasteiger partial charge in [0.15, 0.2) is 20.0 Å². The van der Waals surface area contributed by atoms with Crippen molar-refractivity contribution in [3.63, 3.8) is 0 Å². The Bertz CT molecular complexity index is 876. The highest BCUT2D eigenvalue weighted by Crippen LogP contribution is 2.24. The molecule has 2 rings (SSSR count). The van der Waals surface area contributed by atoms with Crippen molar-refractivity contribution in [1.29, 1.82) is 0 Å². The van der Waals surface area contributed by atoms with Gasteiger partial charge in [-0.15, -0.1) is 11.3 Å². The zero-order valence-corrected chi connectivity index (χ0v) is 15.8. The second-order valence-electron chi connectivity index (χ2n) is 4.46. The van der Waals surface area contributed by atoms with E-state index in [2.05, 4.69) is 10.3 Å². The molecule has 0 aliphatic carbocycles. The summed E-state index contributed by atoms with van der Waals surface area (Å²) in [6.07, 6.45) is 1.05. The molecule has 2 aromatic rings. The molecule has 1 aromatic heterocycles. The Morgan fingerprint density at radius 2 is 2.04 bits per heavy atom. The summed E-state index contributed by atoms with van der Waals surface area (Å²) >= 11 is 2.97. The lowest BCUT2D eigenvalue weighted by molar-refractivity contribution is -0.131. The molecule has 0 aliphatic heterocycles. The van der Waals surface area contributed by atoms with Gasteiger partial charge in [0.25, 0.3) is 5.91 Å². The maximum atomic E-state index is 12.2. The molecule has 0 unspecified atom stereocenters. The van der Waals surface area contributed by atoms with Crippen LogP contribution in [-0.2, 0) is 14.6 Å². The van der Waals surface area contributed by atoms with E-state index in [1.54, 1.807) is 6.07 Å². The van der Waals surface area contributed by atoms with E-state index in [0.717, 1.165) is 17.6 Å². The van der Waals surface area contributed by atoms with Crippen molar-refractivity contribution in [3.8, 4) is 5.75 Å². The Morgan fingerprint density at radius 3 is 2.57 bits per heavy atom. The molecule has 0 saturated carbocycles. The second-order valence-corrected chi connectivity index (χ2v) is 8.44. The van der Waals surface area contributed by atoms with Gasteiger partial charge in [-0.05, 0) is 40.8 Å². The first-order valence-corrected chi connectivity index (χ1v) is 9.96. The summed E-state index contributed by atoms with van der Waals surface area (Å²) in [7, 11) is -3.41. The van der Waals surface area contributed by atoms with Crippen molar-refractivity contribution in [2.75, 3.05) is 11.6 Å². The van der Waals surface area contributed by atoms with Crippen LogP contribution in [0.3, 0.4) is 0 Å². The summed E-state index contributed by atoms with van der Waals surface area (Å²) in [6, 6.07) is 4.57. The third-order valence-electron chi connectivity index (χ3n) is 2.53. The van der Waals surface area contributed by atoms with Gasteiger partial charge in [-0.2, -0.15) is 0 Å². The quantitative estimate of drug-likeness (QED) is 0.422. The molecule has 1 heterocycles. The predicted octanol–water partition coefficient (Wildman–Crippen LogP) is 2.33. The third kappa shape index (κ3) is 4.72. The molecule has 0 aliphatic rings. The molecule has 0 spiro atoms. The molecule has 0 radical (unpaired) electrons. The number of ether oxygens (including phenoxy) is 1. The lowest BCUT2D eigenvalue weighted by Gasteiger charge is -2.06. The largest absolute Gasteiger partial charge is 0.426 e. The van der Waals surface area contributed by atoms with E-state index < -0.39 is 21.7 Å². The number of sulfone groups is 1. The molecule has 0 saturated heterocycles. The first-order chi connectivity index (χ1) is 10.7. The molecule has 0 fully saturated rings. The van der Waals surface area contributed by atoms with Crippen LogP contribution in [0.4, 0.5) is 5.13 Å². The molecule has 1 amide bonds. The number of anilines is 1. The fraction of sp³-hybridized carbons (Fsp3) is 0.154. The second kappa shape index (κ2) is 6.93. The van der Waals surface area contributed by atoms with Crippen molar-refractivity contribution >= 4 is 60.8 Å². The van der Waals surface area contributed by atoms with E-state index in [-0.39, 0.29) is 10.2 Å². The van der Waals surface area contributed by atoms with E-state index >= 15 is 0 Å². The van der Waals surface area contributed by atoms with Crippen LogP contribution in [0.15, 0.2) is 28.6 Å². The minimum Gasteiger partial charge on any atom is -0.426 e. The van der Waals surface area contributed by atoms with E-state index in [9.17, 15) is 18.0 Å². The van der Waals surface area contributed by atoms with E-state index in [1.165, 1.54) is 24.4 Å². The highest BCUT2D eigenvalue weighted by molar-refractivity contribution is 14.1. The fourth-order valence-electron chi connectivity index (χ4n) is 1.54. The standard InChI is InChI=1S/C13H11IN2O5S2/c1-7(17)21-10-4-3-8(5-9(10)14)12(18)16-13-15-11(6-22-13)23(2,19)20/h3-6H,1-2H3,(H,15,16,18). The van der Waals surface area contributed by atoms with Crippen LogP contribution in [0, 0.1) is 3.57 Å². The molecular formula is C13H11IN2O5S2. The van der Waals surface area contributed by atoms with Crippen LogP contribution in [0.5, 0.6) is 5.75 Å². The Labute approximate surface area is 150 Å².